The predicted molar refractivity (Wildman–Crippen MR) is 129 cm³/mol. The largest absolute Gasteiger partial charge is 0.490 e. The molecule has 4 rings (SSSR count). The maximum atomic E-state index is 15.2. The molecule has 1 heterocycles. The van der Waals surface area contributed by atoms with E-state index < -0.39 is 50.4 Å². The van der Waals surface area contributed by atoms with Crippen LogP contribution in [0, 0.1) is 19.7 Å². The minimum absolute atomic E-state index is 0.00207. The van der Waals surface area contributed by atoms with Crippen molar-refractivity contribution in [3.63, 3.8) is 0 Å². The molecule has 1 saturated carbocycles. The molecule has 8 nitrogen and oxygen atoms in total. The maximum absolute atomic E-state index is 15.2. The number of hydrogen-bond acceptors (Lipinski definition) is 7. The van der Waals surface area contributed by atoms with Crippen LogP contribution >= 0.6 is 0 Å². The van der Waals surface area contributed by atoms with Crippen molar-refractivity contribution in [1.29, 1.82) is 0 Å². The lowest BCUT2D eigenvalue weighted by molar-refractivity contribution is -0.142. The summed E-state index contributed by atoms with van der Waals surface area (Å²) in [6.07, 6.45) is -2.34. The van der Waals surface area contributed by atoms with Crippen LogP contribution in [0.5, 0.6) is 17.4 Å². The highest BCUT2D eigenvalue weighted by Crippen LogP contribution is 2.48. The first kappa shape index (κ1) is 27.3. The molecule has 13 heteroatoms. The van der Waals surface area contributed by atoms with E-state index in [-0.39, 0.29) is 28.0 Å². The van der Waals surface area contributed by atoms with Crippen LogP contribution in [-0.4, -0.2) is 37.9 Å². The Morgan fingerprint density at radius 3 is 2.37 bits per heavy atom. The van der Waals surface area contributed by atoms with Crippen molar-refractivity contribution in [2.75, 3.05) is 18.7 Å². The zero-order valence-electron chi connectivity index (χ0n) is 20.7. The van der Waals surface area contributed by atoms with Crippen molar-refractivity contribution >= 4 is 21.4 Å². The molecule has 1 amide bonds. The van der Waals surface area contributed by atoms with Crippen molar-refractivity contribution in [1.82, 2.24) is 10.2 Å². The van der Waals surface area contributed by atoms with E-state index in [0.29, 0.717) is 11.1 Å². The number of carbonyl (C=O) groups is 1. The molecule has 0 unspecified atom stereocenters. The van der Waals surface area contributed by atoms with Gasteiger partial charge in [-0.2, -0.15) is 13.2 Å². The van der Waals surface area contributed by atoms with E-state index in [1.807, 2.05) is 0 Å². The Balaban J connectivity index is 1.81. The van der Waals surface area contributed by atoms with Gasteiger partial charge in [0.15, 0.2) is 32.8 Å². The van der Waals surface area contributed by atoms with E-state index in [9.17, 15) is 26.4 Å². The van der Waals surface area contributed by atoms with Gasteiger partial charge in [-0.3, -0.25) is 4.79 Å². The van der Waals surface area contributed by atoms with Crippen LogP contribution in [0.1, 0.15) is 51.5 Å². The lowest BCUT2D eigenvalue weighted by Crippen LogP contribution is -2.21. The first-order valence-electron chi connectivity index (χ1n) is 11.3. The van der Waals surface area contributed by atoms with Gasteiger partial charge >= 0.3 is 6.18 Å². The number of alkyl halides is 3. The summed E-state index contributed by atoms with van der Waals surface area (Å²) >= 11 is 0. The standard InChI is InChI=1S/C25H23F4N3O5S/c1-12-10-17(14-8-9-14)19(26)21(36-3)20(12)37-24-18(13(2)22(31-32-24)25(27,28)29)23(33)30-15-6-5-7-16(11-15)38(4,34)35/h5-7,10-11,14H,8-9H2,1-4H3,(H,30,33). The molecule has 1 N–H and O–H groups in total. The number of amides is 1. The summed E-state index contributed by atoms with van der Waals surface area (Å²) in [5.74, 6) is -2.78. The highest BCUT2D eigenvalue weighted by Gasteiger charge is 2.39. The van der Waals surface area contributed by atoms with Gasteiger partial charge in [0.1, 0.15) is 5.56 Å². The van der Waals surface area contributed by atoms with E-state index in [1.165, 1.54) is 25.3 Å². The first-order chi connectivity index (χ1) is 17.7. The molecular weight excluding hydrogens is 530 g/mol. The van der Waals surface area contributed by atoms with Crippen molar-refractivity contribution in [3.05, 3.63) is 64.1 Å². The fourth-order valence-corrected chi connectivity index (χ4v) is 4.64. The topological polar surface area (TPSA) is 107 Å². The number of benzene rings is 2. The first-order valence-corrected chi connectivity index (χ1v) is 13.2. The molecule has 2 aromatic carbocycles. The summed E-state index contributed by atoms with van der Waals surface area (Å²) < 4.78 is 90.7. The van der Waals surface area contributed by atoms with Crippen LogP contribution in [0.15, 0.2) is 35.2 Å². The SMILES string of the molecule is COc1c(F)c(C2CC2)cc(C)c1Oc1nnc(C(F)(F)F)c(C)c1C(=O)Nc1cccc(S(C)(=O)=O)c1. The molecule has 0 radical (unpaired) electrons. The molecule has 202 valence electrons. The Kier molecular flexibility index (Phi) is 7.08. The van der Waals surface area contributed by atoms with E-state index in [2.05, 4.69) is 15.5 Å². The van der Waals surface area contributed by atoms with Gasteiger partial charge in [-0.15, -0.1) is 10.2 Å². The fourth-order valence-electron chi connectivity index (χ4n) is 3.97. The molecule has 0 aliphatic heterocycles. The highest BCUT2D eigenvalue weighted by molar-refractivity contribution is 7.90. The number of methoxy groups -OCH3 is 1. The summed E-state index contributed by atoms with van der Waals surface area (Å²) in [6.45, 7) is 2.62. The number of sulfone groups is 1. The number of aryl methyl sites for hydroxylation is 1. The molecule has 1 aliphatic carbocycles. The van der Waals surface area contributed by atoms with Crippen molar-refractivity contribution in [2.24, 2.45) is 0 Å². The van der Waals surface area contributed by atoms with Gasteiger partial charge in [0.25, 0.3) is 11.8 Å². The zero-order valence-corrected chi connectivity index (χ0v) is 21.6. The summed E-state index contributed by atoms with van der Waals surface area (Å²) in [5.41, 5.74) is -1.78. The third kappa shape index (κ3) is 5.42. The Morgan fingerprint density at radius 2 is 1.79 bits per heavy atom. The number of rotatable bonds is 7. The third-order valence-electron chi connectivity index (χ3n) is 6.01. The van der Waals surface area contributed by atoms with Crippen LogP contribution in [-0.2, 0) is 16.0 Å². The number of carbonyl (C=O) groups excluding carboxylic acids is 1. The molecule has 1 fully saturated rings. The second-order valence-electron chi connectivity index (χ2n) is 8.94. The molecule has 0 saturated heterocycles. The number of ether oxygens (including phenoxy) is 2. The van der Waals surface area contributed by atoms with Crippen molar-refractivity contribution in [3.8, 4) is 17.4 Å². The highest BCUT2D eigenvalue weighted by atomic mass is 32.2. The minimum atomic E-state index is -4.94. The number of nitrogens with one attached hydrogen (secondary N) is 1. The van der Waals surface area contributed by atoms with Crippen LogP contribution in [0.3, 0.4) is 0 Å². The van der Waals surface area contributed by atoms with Gasteiger partial charge < -0.3 is 14.8 Å². The lowest BCUT2D eigenvalue weighted by atomic mass is 10.0. The van der Waals surface area contributed by atoms with Crippen molar-refractivity contribution < 1.29 is 40.2 Å². The van der Waals surface area contributed by atoms with E-state index in [0.717, 1.165) is 32.1 Å². The molecule has 3 aromatic rings. The van der Waals surface area contributed by atoms with Gasteiger partial charge in [-0.05, 0) is 73.6 Å². The van der Waals surface area contributed by atoms with Gasteiger partial charge in [0.2, 0.25) is 0 Å². The second-order valence-corrected chi connectivity index (χ2v) is 11.0. The summed E-state index contributed by atoms with van der Waals surface area (Å²) in [5, 5.41) is 9.10. The Morgan fingerprint density at radius 1 is 1.11 bits per heavy atom. The average molecular weight is 554 g/mol. The number of halogens is 4. The van der Waals surface area contributed by atoms with Crippen LogP contribution < -0.4 is 14.8 Å². The fraction of sp³-hybridized carbons (Fsp3) is 0.320. The van der Waals surface area contributed by atoms with Crippen molar-refractivity contribution in [2.45, 2.75) is 43.7 Å². The number of anilines is 1. The second kappa shape index (κ2) is 9.86. The Hall–Kier alpha value is -3.74. The number of aromatic nitrogens is 2. The molecular formula is C25H23F4N3O5S. The summed E-state index contributed by atoms with van der Waals surface area (Å²) in [4.78, 5) is 13.2. The molecule has 0 atom stereocenters. The Labute approximate surface area is 215 Å². The molecule has 1 aromatic heterocycles. The molecule has 0 bridgehead atoms. The summed E-state index contributed by atoms with van der Waals surface area (Å²) in [7, 11) is -2.41. The zero-order chi connectivity index (χ0) is 28.0. The van der Waals surface area contributed by atoms with Crippen LogP contribution in [0.2, 0.25) is 0 Å². The Bertz CT molecular complexity index is 1540. The quantitative estimate of drug-likeness (QED) is 0.380. The predicted octanol–water partition coefficient (Wildman–Crippen LogP) is 5.59. The van der Waals surface area contributed by atoms with Gasteiger partial charge in [-0.1, -0.05) is 6.07 Å². The lowest BCUT2D eigenvalue weighted by Gasteiger charge is -2.19. The van der Waals surface area contributed by atoms with Gasteiger partial charge in [-0.25, -0.2) is 12.8 Å². The molecule has 0 spiro atoms. The monoisotopic (exact) mass is 553 g/mol. The van der Waals surface area contributed by atoms with Crippen LogP contribution in [0.4, 0.5) is 23.2 Å². The average Bonchev–Trinajstić information content (AvgIpc) is 3.65. The van der Waals surface area contributed by atoms with E-state index >= 15 is 4.39 Å². The van der Waals surface area contributed by atoms with E-state index in [4.69, 9.17) is 9.47 Å². The number of nitrogens with zero attached hydrogens (tertiary/aromatic N) is 2. The maximum Gasteiger partial charge on any atom is 0.435 e. The normalized spacial score (nSPS) is 13.8. The third-order valence-corrected chi connectivity index (χ3v) is 7.12. The van der Waals surface area contributed by atoms with Gasteiger partial charge in [0.05, 0.1) is 12.0 Å². The number of hydrogen-bond donors (Lipinski definition) is 1. The molecule has 38 heavy (non-hydrogen) atoms. The smallest absolute Gasteiger partial charge is 0.435 e. The molecule has 1 aliphatic rings. The minimum Gasteiger partial charge on any atom is -0.490 e. The van der Waals surface area contributed by atoms with Crippen LogP contribution in [0.25, 0.3) is 0 Å². The van der Waals surface area contributed by atoms with E-state index in [1.54, 1.807) is 13.0 Å². The van der Waals surface area contributed by atoms with Gasteiger partial charge in [0, 0.05) is 11.9 Å². The summed E-state index contributed by atoms with van der Waals surface area (Å²) in [6, 6.07) is 6.74.